The molecule has 0 aliphatic heterocycles. The Morgan fingerprint density at radius 1 is 1.36 bits per heavy atom. The van der Waals surface area contributed by atoms with E-state index in [-0.39, 0.29) is 17.3 Å². The third-order valence-electron chi connectivity index (χ3n) is 3.62. The molecule has 0 unspecified atom stereocenters. The first-order chi connectivity index (χ1) is 13.3. The maximum Gasteiger partial charge on any atom is 0.271 e. The normalized spacial score (nSPS) is 10.8. The highest BCUT2D eigenvalue weighted by molar-refractivity contribution is 9.10. The fourth-order valence-electron chi connectivity index (χ4n) is 2.38. The number of carbonyl (C=O) groups excluding carboxylic acids is 1. The van der Waals surface area contributed by atoms with Gasteiger partial charge in [-0.05, 0) is 41.9 Å². The lowest BCUT2D eigenvalue weighted by atomic mass is 10.3. The minimum atomic E-state index is -0.513. The smallest absolute Gasteiger partial charge is 0.271 e. The van der Waals surface area contributed by atoms with E-state index in [1.54, 1.807) is 4.68 Å². The average molecular weight is 467 g/mol. The molecular weight excluding hydrogens is 452 g/mol. The fraction of sp³-hybridized carbons (Fsp3) is 0.200. The summed E-state index contributed by atoms with van der Waals surface area (Å²) in [6, 6.07) is 5.97. The summed E-state index contributed by atoms with van der Waals surface area (Å²) in [5.74, 6) is 6.07. The van der Waals surface area contributed by atoms with Crippen LogP contribution >= 0.6 is 27.7 Å². The first-order valence-electron chi connectivity index (χ1n) is 7.87. The summed E-state index contributed by atoms with van der Waals surface area (Å²) in [4.78, 5) is 22.5. The van der Waals surface area contributed by atoms with E-state index in [2.05, 4.69) is 36.5 Å². The number of thioether (sulfide) groups is 1. The third-order valence-corrected chi connectivity index (χ3v) is 5.21. The zero-order chi connectivity index (χ0) is 20.4. The second kappa shape index (κ2) is 7.98. The van der Waals surface area contributed by atoms with Gasteiger partial charge in [0.05, 0.1) is 22.1 Å². The van der Waals surface area contributed by atoms with E-state index in [0.717, 1.165) is 23.1 Å². The topological polar surface area (TPSA) is 147 Å². The number of non-ortho nitro benzene ring substituents is 1. The van der Waals surface area contributed by atoms with Crippen molar-refractivity contribution in [3.05, 3.63) is 50.2 Å². The third kappa shape index (κ3) is 4.14. The van der Waals surface area contributed by atoms with Crippen molar-refractivity contribution in [3.8, 4) is 5.95 Å². The zero-order valence-electron chi connectivity index (χ0n) is 14.8. The molecule has 0 radical (unpaired) electrons. The van der Waals surface area contributed by atoms with Gasteiger partial charge in [-0.25, -0.2) is 9.36 Å². The maximum atomic E-state index is 12.2. The second-order valence-corrected chi connectivity index (χ2v) is 7.55. The van der Waals surface area contributed by atoms with Gasteiger partial charge in [0.25, 0.3) is 11.6 Å². The van der Waals surface area contributed by atoms with Gasteiger partial charge < -0.3 is 11.2 Å². The van der Waals surface area contributed by atoms with E-state index >= 15 is 0 Å². The minimum absolute atomic E-state index is 0.0237. The van der Waals surface area contributed by atoms with Crippen LogP contribution in [0.25, 0.3) is 5.95 Å². The predicted octanol–water partition coefficient (Wildman–Crippen LogP) is 2.20. The standard InChI is InChI=1S/C15H15BrN8O3S/c1-8-5-9(2)23(21-8)14-19-20-15(22(14)17)28-7-13(25)18-12-4-3-10(24(26)27)6-11(12)16/h3-6H,7,17H2,1-2H3,(H,18,25). The number of nitrogens with one attached hydrogen (secondary N) is 1. The molecule has 11 nitrogen and oxygen atoms in total. The van der Waals surface area contributed by atoms with Gasteiger partial charge in [0.2, 0.25) is 11.1 Å². The highest BCUT2D eigenvalue weighted by Crippen LogP contribution is 2.27. The van der Waals surface area contributed by atoms with Crippen molar-refractivity contribution in [2.24, 2.45) is 0 Å². The number of aryl methyl sites for hydroxylation is 2. The summed E-state index contributed by atoms with van der Waals surface area (Å²) >= 11 is 4.31. The SMILES string of the molecule is Cc1cc(C)n(-c2nnc(SCC(=O)Nc3ccc([N+](=O)[O-])cc3Br)n2N)n1. The highest BCUT2D eigenvalue weighted by Gasteiger charge is 2.17. The average Bonchev–Trinajstić information content (AvgIpc) is 3.15. The van der Waals surface area contributed by atoms with Gasteiger partial charge in [-0.3, -0.25) is 14.9 Å². The quantitative estimate of drug-likeness (QED) is 0.243. The molecule has 146 valence electrons. The Labute approximate surface area is 171 Å². The number of hydrogen-bond donors (Lipinski definition) is 2. The van der Waals surface area contributed by atoms with E-state index in [1.807, 2.05) is 19.9 Å². The highest BCUT2D eigenvalue weighted by atomic mass is 79.9. The molecule has 0 atom stereocenters. The summed E-state index contributed by atoms with van der Waals surface area (Å²) < 4.78 is 3.24. The lowest BCUT2D eigenvalue weighted by molar-refractivity contribution is -0.384. The summed E-state index contributed by atoms with van der Waals surface area (Å²) in [6.45, 7) is 3.73. The molecule has 3 rings (SSSR count). The molecule has 13 heteroatoms. The fourth-order valence-corrected chi connectivity index (χ4v) is 3.50. The van der Waals surface area contributed by atoms with Crippen LogP contribution in [-0.2, 0) is 4.79 Å². The van der Waals surface area contributed by atoms with Crippen molar-refractivity contribution in [1.82, 2.24) is 24.7 Å². The molecule has 28 heavy (non-hydrogen) atoms. The van der Waals surface area contributed by atoms with E-state index in [0.29, 0.717) is 21.3 Å². The van der Waals surface area contributed by atoms with Crippen molar-refractivity contribution in [2.45, 2.75) is 19.0 Å². The lowest BCUT2D eigenvalue weighted by Gasteiger charge is -2.07. The maximum absolute atomic E-state index is 12.2. The van der Waals surface area contributed by atoms with Crippen LogP contribution in [0.3, 0.4) is 0 Å². The van der Waals surface area contributed by atoms with Crippen molar-refractivity contribution in [1.29, 1.82) is 0 Å². The summed E-state index contributed by atoms with van der Waals surface area (Å²) in [6.07, 6.45) is 0. The van der Waals surface area contributed by atoms with Crippen LogP contribution in [0.1, 0.15) is 11.4 Å². The number of carbonyl (C=O) groups is 1. The number of nitro benzene ring substituents is 1. The Kier molecular flexibility index (Phi) is 5.65. The number of halogens is 1. The van der Waals surface area contributed by atoms with Crippen LogP contribution in [0.4, 0.5) is 11.4 Å². The molecule has 0 saturated carbocycles. The number of nitrogen functional groups attached to an aromatic ring is 1. The molecule has 1 amide bonds. The van der Waals surface area contributed by atoms with Gasteiger partial charge >= 0.3 is 0 Å². The number of amides is 1. The first kappa shape index (κ1) is 19.8. The summed E-state index contributed by atoms with van der Waals surface area (Å²) in [5.41, 5.74) is 2.03. The number of hydrogen-bond acceptors (Lipinski definition) is 8. The van der Waals surface area contributed by atoms with Gasteiger partial charge in [-0.2, -0.15) is 5.10 Å². The molecule has 0 aliphatic rings. The molecule has 0 bridgehead atoms. The van der Waals surface area contributed by atoms with Gasteiger partial charge in [0, 0.05) is 22.3 Å². The largest absolute Gasteiger partial charge is 0.334 e. The Hall–Kier alpha value is -2.93. The van der Waals surface area contributed by atoms with Crippen LogP contribution in [0.15, 0.2) is 33.9 Å². The molecule has 0 saturated heterocycles. The number of nitro groups is 1. The van der Waals surface area contributed by atoms with Gasteiger partial charge in [0.1, 0.15) is 0 Å². The van der Waals surface area contributed by atoms with Crippen LogP contribution in [0, 0.1) is 24.0 Å². The van der Waals surface area contributed by atoms with E-state index < -0.39 is 4.92 Å². The lowest BCUT2D eigenvalue weighted by Crippen LogP contribution is -2.19. The Bertz CT molecular complexity index is 1060. The Morgan fingerprint density at radius 2 is 2.11 bits per heavy atom. The van der Waals surface area contributed by atoms with Crippen molar-refractivity contribution < 1.29 is 9.72 Å². The van der Waals surface area contributed by atoms with Gasteiger partial charge in [0.15, 0.2) is 0 Å². The zero-order valence-corrected chi connectivity index (χ0v) is 17.2. The molecule has 0 spiro atoms. The van der Waals surface area contributed by atoms with Crippen LogP contribution < -0.4 is 11.2 Å². The number of nitrogens with zero attached hydrogens (tertiary/aromatic N) is 6. The van der Waals surface area contributed by atoms with E-state index in [1.165, 1.54) is 22.9 Å². The van der Waals surface area contributed by atoms with Crippen molar-refractivity contribution in [2.75, 3.05) is 16.9 Å². The molecule has 3 N–H and O–H groups in total. The summed E-state index contributed by atoms with van der Waals surface area (Å²) in [5, 5.41) is 26.1. The van der Waals surface area contributed by atoms with E-state index in [9.17, 15) is 14.9 Å². The molecule has 2 aromatic heterocycles. The molecule has 2 heterocycles. The second-order valence-electron chi connectivity index (χ2n) is 5.75. The molecule has 0 aliphatic carbocycles. The molecule has 0 fully saturated rings. The first-order valence-corrected chi connectivity index (χ1v) is 9.65. The molecule has 3 aromatic rings. The van der Waals surface area contributed by atoms with Gasteiger partial charge in [-0.15, -0.1) is 10.2 Å². The minimum Gasteiger partial charge on any atom is -0.334 e. The predicted molar refractivity (Wildman–Crippen MR) is 107 cm³/mol. The molecule has 1 aromatic carbocycles. The van der Waals surface area contributed by atoms with Crippen LogP contribution in [0.2, 0.25) is 0 Å². The van der Waals surface area contributed by atoms with E-state index in [4.69, 9.17) is 5.84 Å². The Balaban J connectivity index is 1.66. The number of aromatic nitrogens is 5. The van der Waals surface area contributed by atoms with Crippen molar-refractivity contribution >= 4 is 45.0 Å². The van der Waals surface area contributed by atoms with Gasteiger partial charge in [-0.1, -0.05) is 11.8 Å². The van der Waals surface area contributed by atoms with Crippen LogP contribution in [-0.4, -0.2) is 41.2 Å². The Morgan fingerprint density at radius 3 is 2.71 bits per heavy atom. The number of nitrogens with two attached hydrogens (primary N) is 1. The molecular formula is C15H15BrN8O3S. The monoisotopic (exact) mass is 466 g/mol. The number of rotatable bonds is 6. The van der Waals surface area contributed by atoms with Crippen LogP contribution in [0.5, 0.6) is 0 Å². The number of anilines is 1. The summed E-state index contributed by atoms with van der Waals surface area (Å²) in [7, 11) is 0. The van der Waals surface area contributed by atoms with Crippen molar-refractivity contribution in [3.63, 3.8) is 0 Å². The number of benzene rings is 1.